The molecule has 1 N–H and O–H groups in total. The van der Waals surface area contributed by atoms with Crippen LogP contribution in [0.2, 0.25) is 0 Å². The van der Waals surface area contributed by atoms with E-state index >= 15 is 0 Å². The molecule has 114 valence electrons. The number of nitrogens with zero attached hydrogens (tertiary/aromatic N) is 1. The minimum Gasteiger partial charge on any atom is -0.367 e. The van der Waals surface area contributed by atoms with Crippen LogP contribution in [0, 0.1) is 0 Å². The molecule has 0 saturated heterocycles. The second-order valence-electron chi connectivity index (χ2n) is 6.20. The van der Waals surface area contributed by atoms with Crippen LogP contribution in [0.5, 0.6) is 0 Å². The highest BCUT2D eigenvalue weighted by atomic mass is 32.1. The summed E-state index contributed by atoms with van der Waals surface area (Å²) in [6, 6.07) is 10.3. The maximum absolute atomic E-state index is 5.90. The summed E-state index contributed by atoms with van der Waals surface area (Å²) in [6.07, 6.45) is 0.0871. The van der Waals surface area contributed by atoms with Crippen LogP contribution in [0.1, 0.15) is 50.1 Å². The number of benzene rings is 1. The zero-order valence-electron chi connectivity index (χ0n) is 13.2. The average Bonchev–Trinajstić information content (AvgIpc) is 2.91. The van der Waals surface area contributed by atoms with Crippen molar-refractivity contribution in [3.63, 3.8) is 0 Å². The Balaban J connectivity index is 1.83. The summed E-state index contributed by atoms with van der Waals surface area (Å²) in [5.74, 6) is 0. The molecule has 0 bridgehead atoms. The van der Waals surface area contributed by atoms with E-state index in [1.807, 2.05) is 18.2 Å². The topological polar surface area (TPSA) is 34.1 Å². The average molecular weight is 304 g/mol. The Morgan fingerprint density at radius 2 is 1.95 bits per heavy atom. The number of nitrogens with one attached hydrogen (secondary N) is 1. The van der Waals surface area contributed by atoms with Gasteiger partial charge in [0.2, 0.25) is 0 Å². The summed E-state index contributed by atoms with van der Waals surface area (Å²) < 4.78 is 5.90. The van der Waals surface area contributed by atoms with Gasteiger partial charge in [-0.3, -0.25) is 0 Å². The fourth-order valence-corrected chi connectivity index (χ4v) is 2.59. The Morgan fingerprint density at radius 1 is 1.24 bits per heavy atom. The van der Waals surface area contributed by atoms with Gasteiger partial charge in [0, 0.05) is 17.5 Å². The molecule has 21 heavy (non-hydrogen) atoms. The predicted molar refractivity (Wildman–Crippen MR) is 88.4 cm³/mol. The number of hydrogen-bond donors (Lipinski definition) is 1. The molecular formula is C17H24N2OS. The fourth-order valence-electron chi connectivity index (χ4n) is 1.87. The van der Waals surface area contributed by atoms with E-state index in [0.29, 0.717) is 6.61 Å². The summed E-state index contributed by atoms with van der Waals surface area (Å²) in [5, 5.41) is 6.64. The van der Waals surface area contributed by atoms with Crippen LogP contribution >= 0.6 is 11.3 Å². The van der Waals surface area contributed by atoms with Crippen molar-refractivity contribution in [1.29, 1.82) is 0 Å². The maximum Gasteiger partial charge on any atom is 0.107 e. The highest BCUT2D eigenvalue weighted by Gasteiger charge is 2.11. The van der Waals surface area contributed by atoms with Gasteiger partial charge in [0.05, 0.1) is 18.4 Å². The predicted octanol–water partition coefficient (Wildman–Crippen LogP) is 4.31. The Hall–Kier alpha value is -1.23. The van der Waals surface area contributed by atoms with E-state index in [2.05, 4.69) is 55.5 Å². The molecule has 0 amide bonds. The van der Waals surface area contributed by atoms with Crippen LogP contribution in [0.3, 0.4) is 0 Å². The summed E-state index contributed by atoms with van der Waals surface area (Å²) in [6.45, 7) is 9.92. The van der Waals surface area contributed by atoms with E-state index in [-0.39, 0.29) is 11.6 Å². The molecule has 1 unspecified atom stereocenters. The molecule has 4 heteroatoms. The largest absolute Gasteiger partial charge is 0.367 e. The van der Waals surface area contributed by atoms with Crippen LogP contribution in [0.15, 0.2) is 35.7 Å². The standard InChI is InChI=1S/C17H24N2OS/c1-13(14-8-6-5-7-9-14)20-11-15-12-21-16(19-15)10-18-17(2,3)4/h5-9,12-13,18H,10-11H2,1-4H3. The van der Waals surface area contributed by atoms with Crippen molar-refractivity contribution in [2.45, 2.75) is 52.5 Å². The van der Waals surface area contributed by atoms with Gasteiger partial charge >= 0.3 is 0 Å². The number of aromatic nitrogens is 1. The fraction of sp³-hybridized carbons (Fsp3) is 0.471. The second kappa shape index (κ2) is 7.16. The van der Waals surface area contributed by atoms with Crippen molar-refractivity contribution in [3.8, 4) is 0 Å². The normalized spacial score (nSPS) is 13.3. The van der Waals surface area contributed by atoms with E-state index in [1.54, 1.807) is 11.3 Å². The first-order valence-electron chi connectivity index (χ1n) is 7.29. The van der Waals surface area contributed by atoms with Crippen LogP contribution in [0.4, 0.5) is 0 Å². The third-order valence-electron chi connectivity index (χ3n) is 3.12. The van der Waals surface area contributed by atoms with Crippen LogP contribution in [-0.2, 0) is 17.9 Å². The number of ether oxygens (including phenoxy) is 1. The zero-order valence-corrected chi connectivity index (χ0v) is 14.0. The zero-order chi connectivity index (χ0) is 15.3. The lowest BCUT2D eigenvalue weighted by molar-refractivity contribution is 0.0507. The maximum atomic E-state index is 5.90. The van der Waals surface area contributed by atoms with Crippen molar-refractivity contribution in [2.75, 3.05) is 0 Å². The van der Waals surface area contributed by atoms with E-state index in [9.17, 15) is 0 Å². The summed E-state index contributed by atoms with van der Waals surface area (Å²) in [4.78, 5) is 4.61. The molecule has 0 aliphatic carbocycles. The van der Waals surface area contributed by atoms with Gasteiger partial charge in [-0.05, 0) is 33.3 Å². The lowest BCUT2D eigenvalue weighted by Gasteiger charge is -2.19. The third-order valence-corrected chi connectivity index (χ3v) is 4.02. The lowest BCUT2D eigenvalue weighted by atomic mass is 10.1. The van der Waals surface area contributed by atoms with Crippen LogP contribution < -0.4 is 5.32 Å². The number of rotatable bonds is 6. The monoisotopic (exact) mass is 304 g/mol. The SMILES string of the molecule is CC(OCc1csc(CNC(C)(C)C)n1)c1ccccc1. The van der Waals surface area contributed by atoms with Crippen molar-refractivity contribution in [3.05, 3.63) is 52.0 Å². The van der Waals surface area contributed by atoms with E-state index in [0.717, 1.165) is 17.2 Å². The summed E-state index contributed by atoms with van der Waals surface area (Å²) >= 11 is 1.68. The molecule has 1 aromatic heterocycles. The Labute approximate surface area is 131 Å². The van der Waals surface area contributed by atoms with Crippen molar-refractivity contribution < 1.29 is 4.74 Å². The molecule has 2 rings (SSSR count). The first-order chi connectivity index (χ1) is 9.94. The highest BCUT2D eigenvalue weighted by Crippen LogP contribution is 2.19. The van der Waals surface area contributed by atoms with Gasteiger partial charge in [0.25, 0.3) is 0 Å². The molecule has 3 nitrogen and oxygen atoms in total. The Morgan fingerprint density at radius 3 is 2.62 bits per heavy atom. The molecule has 0 spiro atoms. The van der Waals surface area contributed by atoms with Gasteiger partial charge in [-0.25, -0.2) is 4.98 Å². The van der Waals surface area contributed by atoms with Crippen molar-refractivity contribution in [1.82, 2.24) is 10.3 Å². The van der Waals surface area contributed by atoms with Gasteiger partial charge in [0.15, 0.2) is 0 Å². The molecule has 0 aliphatic rings. The van der Waals surface area contributed by atoms with E-state index in [1.165, 1.54) is 5.56 Å². The third kappa shape index (κ3) is 5.58. The highest BCUT2D eigenvalue weighted by molar-refractivity contribution is 7.09. The van der Waals surface area contributed by atoms with Gasteiger partial charge in [-0.1, -0.05) is 30.3 Å². The van der Waals surface area contributed by atoms with Crippen molar-refractivity contribution in [2.24, 2.45) is 0 Å². The smallest absolute Gasteiger partial charge is 0.107 e. The molecule has 0 fully saturated rings. The first-order valence-corrected chi connectivity index (χ1v) is 8.17. The molecule has 0 radical (unpaired) electrons. The first kappa shape index (κ1) is 16.1. The number of thiazole rings is 1. The molecule has 1 atom stereocenters. The molecule has 1 heterocycles. The number of hydrogen-bond acceptors (Lipinski definition) is 4. The van der Waals surface area contributed by atoms with Gasteiger partial charge < -0.3 is 10.1 Å². The molecular weight excluding hydrogens is 280 g/mol. The molecule has 2 aromatic rings. The molecule has 0 saturated carbocycles. The molecule has 0 aliphatic heterocycles. The van der Waals surface area contributed by atoms with E-state index in [4.69, 9.17) is 4.74 Å². The van der Waals surface area contributed by atoms with Gasteiger partial charge in [0.1, 0.15) is 5.01 Å². The van der Waals surface area contributed by atoms with E-state index < -0.39 is 0 Å². The van der Waals surface area contributed by atoms with Crippen molar-refractivity contribution >= 4 is 11.3 Å². The second-order valence-corrected chi connectivity index (χ2v) is 7.14. The Bertz CT molecular complexity index is 545. The minimum atomic E-state index is 0.0871. The lowest BCUT2D eigenvalue weighted by Crippen LogP contribution is -2.35. The Kier molecular flexibility index (Phi) is 5.51. The minimum absolute atomic E-state index is 0.0871. The van der Waals surface area contributed by atoms with Crippen LogP contribution in [0.25, 0.3) is 0 Å². The quantitative estimate of drug-likeness (QED) is 0.863. The summed E-state index contributed by atoms with van der Waals surface area (Å²) in [7, 11) is 0. The summed E-state index contributed by atoms with van der Waals surface area (Å²) in [5.41, 5.74) is 2.32. The van der Waals surface area contributed by atoms with Crippen LogP contribution in [-0.4, -0.2) is 10.5 Å². The molecule has 1 aromatic carbocycles. The van der Waals surface area contributed by atoms with Gasteiger partial charge in [-0.15, -0.1) is 11.3 Å². The van der Waals surface area contributed by atoms with Gasteiger partial charge in [-0.2, -0.15) is 0 Å².